The summed E-state index contributed by atoms with van der Waals surface area (Å²) in [4.78, 5) is 20.2. The summed E-state index contributed by atoms with van der Waals surface area (Å²) in [5.41, 5.74) is 0.839. The molecule has 0 aliphatic rings. The first kappa shape index (κ1) is 17.5. The monoisotopic (exact) mass is 352 g/mol. The fraction of sp³-hybridized carbons (Fsp3) is 0.312. The highest BCUT2D eigenvalue weighted by molar-refractivity contribution is 6.39. The maximum absolute atomic E-state index is 12.1. The molecule has 0 aliphatic heterocycles. The number of hydrogen-bond donors (Lipinski definition) is 2. The van der Waals surface area contributed by atoms with E-state index in [1.54, 1.807) is 24.3 Å². The van der Waals surface area contributed by atoms with Gasteiger partial charge in [-0.2, -0.15) is 0 Å². The van der Waals surface area contributed by atoms with Gasteiger partial charge in [-0.3, -0.25) is 4.79 Å². The topological polar surface area (TPSA) is 66.9 Å². The number of aromatic nitrogens is 2. The summed E-state index contributed by atoms with van der Waals surface area (Å²) in [6, 6.07) is 6.76. The number of nitrogens with zero attached hydrogens (tertiary/aromatic N) is 2. The van der Waals surface area contributed by atoms with E-state index < -0.39 is 0 Å². The number of amides is 1. The Labute approximate surface area is 145 Å². The van der Waals surface area contributed by atoms with Crippen LogP contribution in [0, 0.1) is 0 Å². The normalized spacial score (nSPS) is 10.4. The van der Waals surface area contributed by atoms with Crippen molar-refractivity contribution in [1.82, 2.24) is 15.3 Å². The first-order chi connectivity index (χ1) is 11.1. The number of unbranched alkanes of at least 4 members (excludes halogenated alkanes) is 2. The van der Waals surface area contributed by atoms with Gasteiger partial charge in [0.05, 0.1) is 15.7 Å². The molecule has 0 unspecified atom stereocenters. The Morgan fingerprint density at radius 3 is 2.61 bits per heavy atom. The van der Waals surface area contributed by atoms with Crippen LogP contribution < -0.4 is 10.6 Å². The summed E-state index contributed by atoms with van der Waals surface area (Å²) in [5, 5.41) is 6.80. The fourth-order valence-corrected chi connectivity index (χ4v) is 2.45. The molecule has 23 heavy (non-hydrogen) atoms. The number of carbonyl (C=O) groups is 1. The summed E-state index contributed by atoms with van der Waals surface area (Å²) >= 11 is 12.2. The molecule has 1 heterocycles. The molecule has 122 valence electrons. The van der Waals surface area contributed by atoms with E-state index in [2.05, 4.69) is 27.5 Å². The zero-order valence-corrected chi connectivity index (χ0v) is 14.3. The number of rotatable bonds is 7. The number of benzene rings is 1. The number of halogens is 2. The maximum Gasteiger partial charge on any atom is 0.270 e. The third-order valence-electron chi connectivity index (χ3n) is 3.18. The predicted molar refractivity (Wildman–Crippen MR) is 93.6 cm³/mol. The summed E-state index contributed by atoms with van der Waals surface area (Å²) in [6.45, 7) is 2.75. The van der Waals surface area contributed by atoms with Crippen molar-refractivity contribution >= 4 is 40.6 Å². The van der Waals surface area contributed by atoms with Gasteiger partial charge in [0.1, 0.15) is 17.8 Å². The van der Waals surface area contributed by atoms with Crippen LogP contribution in [-0.2, 0) is 0 Å². The molecule has 1 amide bonds. The third kappa shape index (κ3) is 5.08. The second-order valence-electron chi connectivity index (χ2n) is 4.97. The van der Waals surface area contributed by atoms with E-state index in [9.17, 15) is 4.79 Å². The zero-order chi connectivity index (χ0) is 16.7. The lowest BCUT2D eigenvalue weighted by molar-refractivity contribution is 0.0948. The van der Waals surface area contributed by atoms with Gasteiger partial charge in [-0.25, -0.2) is 9.97 Å². The molecule has 5 nitrogen and oxygen atoms in total. The molecule has 2 aromatic rings. The van der Waals surface area contributed by atoms with Gasteiger partial charge in [0.15, 0.2) is 0 Å². The van der Waals surface area contributed by atoms with Gasteiger partial charge < -0.3 is 10.6 Å². The maximum atomic E-state index is 12.1. The van der Waals surface area contributed by atoms with Crippen molar-refractivity contribution in [3.8, 4) is 0 Å². The van der Waals surface area contributed by atoms with Gasteiger partial charge in [-0.05, 0) is 18.6 Å². The predicted octanol–water partition coefficient (Wildman–Crippen LogP) is 4.45. The van der Waals surface area contributed by atoms with E-state index in [4.69, 9.17) is 23.2 Å². The molecule has 1 aromatic carbocycles. The lowest BCUT2D eigenvalue weighted by Gasteiger charge is -2.10. The Hall–Kier alpha value is -1.85. The number of hydrogen-bond acceptors (Lipinski definition) is 4. The van der Waals surface area contributed by atoms with Crippen LogP contribution in [0.15, 0.2) is 30.6 Å². The molecule has 7 heteroatoms. The van der Waals surface area contributed by atoms with E-state index in [0.29, 0.717) is 33.8 Å². The minimum absolute atomic E-state index is 0.225. The van der Waals surface area contributed by atoms with Gasteiger partial charge in [0, 0.05) is 12.6 Å². The van der Waals surface area contributed by atoms with Gasteiger partial charge in [0.25, 0.3) is 5.91 Å². The number of nitrogens with one attached hydrogen (secondary N) is 2. The second-order valence-corrected chi connectivity index (χ2v) is 5.79. The van der Waals surface area contributed by atoms with Crippen LogP contribution in [0.5, 0.6) is 0 Å². The molecular formula is C16H18Cl2N4O. The average molecular weight is 353 g/mol. The third-order valence-corrected chi connectivity index (χ3v) is 3.81. The van der Waals surface area contributed by atoms with E-state index in [1.807, 2.05) is 0 Å². The molecule has 0 aliphatic carbocycles. The van der Waals surface area contributed by atoms with Crippen LogP contribution in [0.3, 0.4) is 0 Å². The highest BCUT2D eigenvalue weighted by Gasteiger charge is 2.10. The molecule has 0 saturated carbocycles. The average Bonchev–Trinajstić information content (AvgIpc) is 2.55. The summed E-state index contributed by atoms with van der Waals surface area (Å²) in [6.07, 6.45) is 4.47. The Bertz CT molecular complexity index is 659. The van der Waals surface area contributed by atoms with Gasteiger partial charge in [-0.1, -0.05) is 49.0 Å². The number of anilines is 2. The molecule has 0 fully saturated rings. The zero-order valence-electron chi connectivity index (χ0n) is 12.8. The van der Waals surface area contributed by atoms with Crippen molar-refractivity contribution in [3.63, 3.8) is 0 Å². The van der Waals surface area contributed by atoms with Crippen molar-refractivity contribution in [3.05, 3.63) is 46.3 Å². The van der Waals surface area contributed by atoms with E-state index in [-0.39, 0.29) is 5.91 Å². The molecule has 0 bridgehead atoms. The van der Waals surface area contributed by atoms with E-state index in [1.165, 1.54) is 6.33 Å². The van der Waals surface area contributed by atoms with Gasteiger partial charge >= 0.3 is 0 Å². The quantitative estimate of drug-likeness (QED) is 0.722. The largest absolute Gasteiger partial charge is 0.351 e. The van der Waals surface area contributed by atoms with Crippen LogP contribution in [0.1, 0.15) is 36.7 Å². The van der Waals surface area contributed by atoms with Gasteiger partial charge in [0.2, 0.25) is 0 Å². The molecule has 2 N–H and O–H groups in total. The lowest BCUT2D eigenvalue weighted by atomic mass is 10.2. The summed E-state index contributed by atoms with van der Waals surface area (Å²) < 4.78 is 0. The first-order valence-corrected chi connectivity index (χ1v) is 8.18. The van der Waals surface area contributed by atoms with Crippen LogP contribution >= 0.6 is 23.2 Å². The van der Waals surface area contributed by atoms with E-state index in [0.717, 1.165) is 19.3 Å². The Morgan fingerprint density at radius 2 is 1.91 bits per heavy atom. The van der Waals surface area contributed by atoms with Crippen molar-refractivity contribution in [2.24, 2.45) is 0 Å². The first-order valence-electron chi connectivity index (χ1n) is 7.43. The fourth-order valence-electron chi connectivity index (χ4n) is 1.96. The van der Waals surface area contributed by atoms with Crippen molar-refractivity contribution in [2.75, 3.05) is 11.9 Å². The molecule has 0 spiro atoms. The smallest absolute Gasteiger partial charge is 0.270 e. The lowest BCUT2D eigenvalue weighted by Crippen LogP contribution is -2.25. The van der Waals surface area contributed by atoms with Crippen molar-refractivity contribution in [1.29, 1.82) is 0 Å². The highest BCUT2D eigenvalue weighted by Crippen LogP contribution is 2.31. The van der Waals surface area contributed by atoms with Crippen molar-refractivity contribution < 1.29 is 4.79 Å². The minimum atomic E-state index is -0.225. The SMILES string of the molecule is CCCCCNC(=O)c1cc(Nc2c(Cl)cccc2Cl)ncn1. The molecule has 0 saturated heterocycles. The summed E-state index contributed by atoms with van der Waals surface area (Å²) in [7, 11) is 0. The number of para-hydroxylation sites is 1. The number of carbonyl (C=O) groups excluding carboxylic acids is 1. The Balaban J connectivity index is 2.06. The minimum Gasteiger partial charge on any atom is -0.351 e. The van der Waals surface area contributed by atoms with Crippen LogP contribution in [-0.4, -0.2) is 22.4 Å². The molecule has 0 radical (unpaired) electrons. The summed E-state index contributed by atoms with van der Waals surface area (Å²) in [5.74, 6) is 0.227. The Kier molecular flexibility index (Phi) is 6.62. The molecule has 2 rings (SSSR count). The highest BCUT2D eigenvalue weighted by atomic mass is 35.5. The standard InChI is InChI=1S/C16H18Cl2N4O/c1-2-3-4-8-19-16(23)13-9-14(21-10-20-13)22-15-11(17)6-5-7-12(15)18/h5-7,9-10H,2-4,8H2,1H3,(H,19,23)(H,20,21,22). The molecule has 0 atom stereocenters. The van der Waals surface area contributed by atoms with Crippen LogP contribution in [0.4, 0.5) is 11.5 Å². The second kappa shape index (κ2) is 8.70. The molecule has 1 aromatic heterocycles. The van der Waals surface area contributed by atoms with Gasteiger partial charge in [-0.15, -0.1) is 0 Å². The molecular weight excluding hydrogens is 335 g/mol. The van der Waals surface area contributed by atoms with Crippen LogP contribution in [0.25, 0.3) is 0 Å². The van der Waals surface area contributed by atoms with Crippen molar-refractivity contribution in [2.45, 2.75) is 26.2 Å². The Morgan fingerprint density at radius 1 is 1.17 bits per heavy atom. The van der Waals surface area contributed by atoms with Crippen LogP contribution in [0.2, 0.25) is 10.0 Å². The van der Waals surface area contributed by atoms with E-state index >= 15 is 0 Å².